The summed E-state index contributed by atoms with van der Waals surface area (Å²) in [6.07, 6.45) is 0. The molecule has 0 amide bonds. The number of rotatable bonds is 7. The average molecular weight is 373 g/mol. The Hall–Kier alpha value is -4.00. The minimum absolute atomic E-state index is 0.0868. The second kappa shape index (κ2) is 8.59. The van der Waals surface area contributed by atoms with Crippen LogP contribution in [0.25, 0.3) is 0 Å². The maximum atomic E-state index is 12.9. The molecule has 3 aromatic carbocycles. The van der Waals surface area contributed by atoms with Gasteiger partial charge in [-0.15, -0.1) is 0 Å². The van der Waals surface area contributed by atoms with E-state index in [1.807, 2.05) is 0 Å². The molecule has 0 aliphatic rings. The minimum Gasteiger partial charge on any atom is -0.291 e. The second-order valence-corrected chi connectivity index (χ2v) is 5.85. The zero-order valence-corrected chi connectivity index (χ0v) is 14.6. The Morgan fingerprint density at radius 2 is 1.21 bits per heavy atom. The molecule has 0 fully saturated rings. The van der Waals surface area contributed by atoms with Crippen LogP contribution in [0.15, 0.2) is 95.2 Å². The maximum Gasteiger partial charge on any atom is 0.269 e. The lowest BCUT2D eigenvalue weighted by molar-refractivity contribution is -0.384. The molecule has 7 nitrogen and oxygen atoms in total. The fraction of sp³-hybridized carbons (Fsp3) is 0.0476. The topological polar surface area (TPSA) is 102 Å². The molecule has 0 bridgehead atoms. The summed E-state index contributed by atoms with van der Waals surface area (Å²) in [4.78, 5) is 35.9. The van der Waals surface area contributed by atoms with Gasteiger partial charge in [0.15, 0.2) is 17.6 Å². The van der Waals surface area contributed by atoms with Crippen molar-refractivity contribution in [1.29, 1.82) is 0 Å². The fourth-order valence-corrected chi connectivity index (χ4v) is 2.51. The number of nitro groups is 1. The van der Waals surface area contributed by atoms with Crippen LogP contribution in [0.3, 0.4) is 0 Å². The monoisotopic (exact) mass is 373 g/mol. The molecule has 0 atom stereocenters. The summed E-state index contributed by atoms with van der Waals surface area (Å²) >= 11 is 0. The molecule has 0 radical (unpaired) electrons. The summed E-state index contributed by atoms with van der Waals surface area (Å²) < 4.78 is 0. The normalized spacial score (nSPS) is 10.9. The average Bonchev–Trinajstić information content (AvgIpc) is 2.75. The summed E-state index contributed by atoms with van der Waals surface area (Å²) in [6.45, 7) is 0. The fourth-order valence-electron chi connectivity index (χ4n) is 2.51. The van der Waals surface area contributed by atoms with Gasteiger partial charge in [0.25, 0.3) is 5.69 Å². The molecule has 138 valence electrons. The van der Waals surface area contributed by atoms with Crippen LogP contribution in [0.5, 0.6) is 0 Å². The van der Waals surface area contributed by atoms with E-state index in [4.69, 9.17) is 0 Å². The first-order valence-corrected chi connectivity index (χ1v) is 8.40. The predicted molar refractivity (Wildman–Crippen MR) is 103 cm³/mol. The van der Waals surface area contributed by atoms with Crippen LogP contribution in [0.1, 0.15) is 20.7 Å². The van der Waals surface area contributed by atoms with Crippen molar-refractivity contribution in [3.05, 3.63) is 106 Å². The molecule has 3 aromatic rings. The van der Waals surface area contributed by atoms with E-state index in [-0.39, 0.29) is 5.69 Å². The number of non-ortho nitro benzene ring substituents is 1. The van der Waals surface area contributed by atoms with Gasteiger partial charge < -0.3 is 0 Å². The van der Waals surface area contributed by atoms with Gasteiger partial charge in [0.2, 0.25) is 0 Å². The highest BCUT2D eigenvalue weighted by Gasteiger charge is 2.28. The quantitative estimate of drug-likeness (QED) is 0.195. The van der Waals surface area contributed by atoms with Gasteiger partial charge in [0.05, 0.1) is 10.6 Å². The highest BCUT2D eigenvalue weighted by Crippen LogP contribution is 2.20. The Bertz CT molecular complexity index is 965. The zero-order chi connectivity index (χ0) is 19.9. The third-order valence-electron chi connectivity index (χ3n) is 3.96. The standard InChI is InChI=1S/C21H15N3O4/c25-20(15-7-3-1-4-8-15)19(21(26)16-9-5-2-6-10-16)23-22-17-11-13-18(14-12-17)24(27)28/h1-14,19H. The van der Waals surface area contributed by atoms with E-state index in [0.29, 0.717) is 16.8 Å². The molecule has 0 aromatic heterocycles. The third-order valence-corrected chi connectivity index (χ3v) is 3.96. The van der Waals surface area contributed by atoms with Gasteiger partial charge >= 0.3 is 0 Å². The molecule has 0 heterocycles. The van der Waals surface area contributed by atoms with Crippen molar-refractivity contribution in [2.45, 2.75) is 6.04 Å². The zero-order valence-electron chi connectivity index (χ0n) is 14.6. The number of hydrogen-bond donors (Lipinski definition) is 0. The van der Waals surface area contributed by atoms with E-state index in [2.05, 4.69) is 10.2 Å². The lowest BCUT2D eigenvalue weighted by Gasteiger charge is -2.10. The first kappa shape index (κ1) is 18.8. The summed E-state index contributed by atoms with van der Waals surface area (Å²) in [5, 5.41) is 18.7. The van der Waals surface area contributed by atoms with Crippen molar-refractivity contribution >= 4 is 22.9 Å². The molecule has 0 saturated heterocycles. The highest BCUT2D eigenvalue weighted by molar-refractivity contribution is 6.19. The van der Waals surface area contributed by atoms with Gasteiger partial charge in [-0.3, -0.25) is 19.7 Å². The molecule has 0 N–H and O–H groups in total. The molecule has 0 spiro atoms. The number of ketones is 2. The Balaban J connectivity index is 1.92. The molecular weight excluding hydrogens is 358 g/mol. The first-order valence-electron chi connectivity index (χ1n) is 8.40. The molecule has 0 aliphatic carbocycles. The smallest absolute Gasteiger partial charge is 0.269 e. The largest absolute Gasteiger partial charge is 0.291 e. The second-order valence-electron chi connectivity index (χ2n) is 5.85. The van der Waals surface area contributed by atoms with Gasteiger partial charge in [-0.25, -0.2) is 0 Å². The Kier molecular flexibility index (Phi) is 5.76. The number of hydrogen-bond acceptors (Lipinski definition) is 6. The molecular formula is C21H15N3O4. The molecule has 3 rings (SSSR count). The number of benzene rings is 3. The number of Topliss-reactive ketones (excluding diaryl/α,β-unsaturated/α-hetero) is 2. The summed E-state index contributed by atoms with van der Waals surface area (Å²) in [5.41, 5.74) is 0.910. The van der Waals surface area contributed by atoms with E-state index in [1.54, 1.807) is 60.7 Å². The van der Waals surface area contributed by atoms with Crippen molar-refractivity contribution in [1.82, 2.24) is 0 Å². The number of carbonyl (C=O) groups excluding carboxylic acids is 2. The van der Waals surface area contributed by atoms with Crippen LogP contribution in [-0.4, -0.2) is 22.5 Å². The van der Waals surface area contributed by atoms with Crippen molar-refractivity contribution < 1.29 is 14.5 Å². The van der Waals surface area contributed by atoms with E-state index in [1.165, 1.54) is 24.3 Å². The van der Waals surface area contributed by atoms with Crippen LogP contribution >= 0.6 is 0 Å². The van der Waals surface area contributed by atoms with Gasteiger partial charge in [-0.1, -0.05) is 60.7 Å². The lowest BCUT2D eigenvalue weighted by atomic mass is 9.97. The molecule has 7 heteroatoms. The summed E-state index contributed by atoms with van der Waals surface area (Å²) in [5.74, 6) is -0.944. The van der Waals surface area contributed by atoms with Crippen molar-refractivity contribution in [2.24, 2.45) is 10.2 Å². The summed E-state index contributed by atoms with van der Waals surface area (Å²) in [7, 11) is 0. The first-order chi connectivity index (χ1) is 13.6. The van der Waals surface area contributed by atoms with Crippen LogP contribution in [0.4, 0.5) is 11.4 Å². The Labute approximate surface area is 160 Å². The minimum atomic E-state index is -1.35. The van der Waals surface area contributed by atoms with Crippen LogP contribution in [0.2, 0.25) is 0 Å². The predicted octanol–water partition coefficient (Wildman–Crippen LogP) is 4.81. The van der Waals surface area contributed by atoms with Gasteiger partial charge in [-0.05, 0) is 12.1 Å². The molecule has 28 heavy (non-hydrogen) atoms. The number of carbonyl (C=O) groups is 2. The SMILES string of the molecule is O=C(c1ccccc1)C(N=Nc1ccc([N+](=O)[O-])cc1)C(=O)c1ccccc1. The molecule has 0 unspecified atom stereocenters. The highest BCUT2D eigenvalue weighted by atomic mass is 16.6. The number of nitrogens with zero attached hydrogens (tertiary/aromatic N) is 3. The molecule has 0 saturated carbocycles. The van der Waals surface area contributed by atoms with Gasteiger partial charge in [0, 0.05) is 23.3 Å². The summed E-state index contributed by atoms with van der Waals surface area (Å²) in [6, 6.07) is 20.8. The van der Waals surface area contributed by atoms with Crippen molar-refractivity contribution in [2.75, 3.05) is 0 Å². The van der Waals surface area contributed by atoms with Crippen LogP contribution in [0, 0.1) is 10.1 Å². The van der Waals surface area contributed by atoms with Crippen LogP contribution < -0.4 is 0 Å². The lowest BCUT2D eigenvalue weighted by Crippen LogP contribution is -2.28. The Morgan fingerprint density at radius 1 is 0.750 bits per heavy atom. The third kappa shape index (κ3) is 4.39. The molecule has 0 aliphatic heterocycles. The van der Waals surface area contributed by atoms with Gasteiger partial charge in [0.1, 0.15) is 0 Å². The Morgan fingerprint density at radius 3 is 1.64 bits per heavy atom. The van der Waals surface area contributed by atoms with Crippen molar-refractivity contribution in [3.63, 3.8) is 0 Å². The van der Waals surface area contributed by atoms with E-state index < -0.39 is 22.5 Å². The van der Waals surface area contributed by atoms with Crippen LogP contribution in [-0.2, 0) is 0 Å². The van der Waals surface area contributed by atoms with E-state index in [0.717, 1.165) is 0 Å². The van der Waals surface area contributed by atoms with Gasteiger partial charge in [-0.2, -0.15) is 10.2 Å². The number of azo groups is 1. The van der Waals surface area contributed by atoms with Crippen molar-refractivity contribution in [3.8, 4) is 0 Å². The van der Waals surface area contributed by atoms with E-state index in [9.17, 15) is 19.7 Å². The maximum absolute atomic E-state index is 12.9. The van der Waals surface area contributed by atoms with E-state index >= 15 is 0 Å². The number of nitro benzene ring substituents is 1.